The fraction of sp³-hybridized carbons (Fsp3) is 0.359. The van der Waals surface area contributed by atoms with Crippen molar-refractivity contribution >= 4 is 34.3 Å². The van der Waals surface area contributed by atoms with E-state index in [2.05, 4.69) is 70.3 Å². The van der Waals surface area contributed by atoms with Crippen molar-refractivity contribution in [2.75, 3.05) is 0 Å². The van der Waals surface area contributed by atoms with Crippen LogP contribution in [0.3, 0.4) is 0 Å². The molecule has 1 unspecified atom stereocenters. The number of aliphatic hydroxyl groups excluding tert-OH is 1. The molecule has 2 fully saturated rings. The van der Waals surface area contributed by atoms with Gasteiger partial charge in [0, 0.05) is 48.3 Å². The number of aromatic nitrogens is 2. The molecule has 1 amide bonds. The fourth-order valence-corrected chi connectivity index (χ4v) is 7.85. The Morgan fingerprint density at radius 3 is 2.54 bits per heavy atom. The summed E-state index contributed by atoms with van der Waals surface area (Å²) in [7, 11) is 2.06. The van der Waals surface area contributed by atoms with E-state index in [9.17, 15) is 14.3 Å². The van der Waals surface area contributed by atoms with Gasteiger partial charge in [0.25, 0.3) is 5.91 Å². The molecule has 2 aliphatic carbocycles. The Morgan fingerprint density at radius 2 is 1.87 bits per heavy atom. The highest BCUT2D eigenvalue weighted by molar-refractivity contribution is 6.04. The van der Waals surface area contributed by atoms with Crippen molar-refractivity contribution in [1.29, 1.82) is 0 Å². The van der Waals surface area contributed by atoms with Gasteiger partial charge in [0.2, 0.25) is 11.4 Å². The topological polar surface area (TPSA) is 70.2 Å². The molecular formula is C39H42FN4O2+. The molecule has 236 valence electrons. The van der Waals surface area contributed by atoms with Crippen LogP contribution in [-0.2, 0) is 12.6 Å². The summed E-state index contributed by atoms with van der Waals surface area (Å²) in [6.45, 7) is 7.65. The van der Waals surface area contributed by atoms with Crippen LogP contribution in [0.2, 0.25) is 0 Å². The molecule has 2 N–H and O–H groups in total. The minimum absolute atomic E-state index is 0.0216. The van der Waals surface area contributed by atoms with Gasteiger partial charge in [-0.3, -0.25) is 4.79 Å². The number of fused-ring (bicyclic) bond motifs is 2. The quantitative estimate of drug-likeness (QED) is 0.124. The van der Waals surface area contributed by atoms with Gasteiger partial charge in [0.1, 0.15) is 17.3 Å². The van der Waals surface area contributed by atoms with Crippen LogP contribution in [0.5, 0.6) is 0 Å². The summed E-state index contributed by atoms with van der Waals surface area (Å²) < 4.78 is 18.5. The average Bonchev–Trinajstić information content (AvgIpc) is 3.52. The fourth-order valence-electron chi connectivity index (χ4n) is 7.85. The number of aliphatic hydroxyl groups is 1. The van der Waals surface area contributed by atoms with Crippen molar-refractivity contribution in [3.63, 3.8) is 0 Å². The van der Waals surface area contributed by atoms with Crippen LogP contribution in [0.1, 0.15) is 104 Å². The number of hydrogen-bond acceptors (Lipinski definition) is 3. The van der Waals surface area contributed by atoms with Crippen LogP contribution < -0.4 is 5.32 Å². The number of halogens is 1. The number of amides is 1. The van der Waals surface area contributed by atoms with Gasteiger partial charge in [-0.25, -0.2) is 9.37 Å². The number of benzene rings is 2. The van der Waals surface area contributed by atoms with E-state index >= 15 is 0 Å². The molecule has 46 heavy (non-hydrogen) atoms. The molecule has 7 rings (SSSR count). The van der Waals surface area contributed by atoms with Crippen LogP contribution in [0, 0.1) is 5.82 Å². The number of carbonyl (C=O) groups is 1. The SMILES string of the molecule is C=C(O)/C(C)=C/c1ccc2cc(C3(NC(=O)c4ccc5c(c4)C(C)C(c4ccc(F)cn4)=[N+]5C4CCCCC4)CCC3)n(C)c2c1. The summed E-state index contributed by atoms with van der Waals surface area (Å²) in [4.78, 5) is 18.5. The van der Waals surface area contributed by atoms with E-state index in [1.807, 2.05) is 25.1 Å². The molecule has 1 aliphatic heterocycles. The Labute approximate surface area is 270 Å². The summed E-state index contributed by atoms with van der Waals surface area (Å²) in [6, 6.07) is 18.2. The Bertz CT molecular complexity index is 1920. The summed E-state index contributed by atoms with van der Waals surface area (Å²) in [6.07, 6.45) is 11.9. The molecule has 4 aromatic rings. The van der Waals surface area contributed by atoms with E-state index in [4.69, 9.17) is 0 Å². The molecule has 2 aromatic heterocycles. The first-order chi connectivity index (χ1) is 22.1. The average molecular weight is 618 g/mol. The molecule has 0 bridgehead atoms. The molecule has 3 aliphatic rings. The van der Waals surface area contributed by atoms with E-state index in [0.29, 0.717) is 11.6 Å². The second-order valence-corrected chi connectivity index (χ2v) is 13.5. The maximum absolute atomic E-state index is 14.0. The smallest absolute Gasteiger partial charge is 0.252 e. The van der Waals surface area contributed by atoms with Gasteiger partial charge < -0.3 is 15.0 Å². The number of allylic oxidation sites excluding steroid dienone is 1. The second-order valence-electron chi connectivity index (χ2n) is 13.5. The molecule has 0 saturated heterocycles. The first kappa shape index (κ1) is 30.2. The third kappa shape index (κ3) is 5.16. The lowest BCUT2D eigenvalue weighted by molar-refractivity contribution is -0.487. The highest BCUT2D eigenvalue weighted by atomic mass is 19.1. The molecule has 2 aromatic carbocycles. The lowest BCUT2D eigenvalue weighted by atomic mass is 9.74. The van der Waals surface area contributed by atoms with E-state index in [1.54, 1.807) is 6.07 Å². The summed E-state index contributed by atoms with van der Waals surface area (Å²) in [5.74, 6) is -0.327. The zero-order valence-electron chi connectivity index (χ0n) is 26.9. The van der Waals surface area contributed by atoms with E-state index in [1.165, 1.54) is 31.5 Å². The molecule has 0 spiro atoms. The number of pyridine rings is 1. The normalized spacial score (nSPS) is 19.7. The van der Waals surface area contributed by atoms with Crippen LogP contribution >= 0.6 is 0 Å². The minimum atomic E-state index is -0.440. The summed E-state index contributed by atoms with van der Waals surface area (Å²) in [5.41, 5.74) is 8.24. The Kier molecular flexibility index (Phi) is 7.66. The molecule has 7 heteroatoms. The molecule has 2 saturated carbocycles. The van der Waals surface area contributed by atoms with Crippen LogP contribution in [0.4, 0.5) is 10.1 Å². The Morgan fingerprint density at radius 1 is 1.09 bits per heavy atom. The number of nitrogens with zero attached hydrogens (tertiary/aromatic N) is 3. The van der Waals surface area contributed by atoms with E-state index < -0.39 is 5.54 Å². The lowest BCUT2D eigenvalue weighted by Crippen LogP contribution is -2.51. The number of aryl methyl sites for hydroxylation is 1. The number of hydrogen-bond donors (Lipinski definition) is 2. The van der Waals surface area contributed by atoms with Crippen molar-refractivity contribution in [1.82, 2.24) is 14.9 Å². The van der Waals surface area contributed by atoms with E-state index in [-0.39, 0.29) is 23.4 Å². The molecule has 0 radical (unpaired) electrons. The maximum Gasteiger partial charge on any atom is 0.252 e. The van der Waals surface area contributed by atoms with Crippen molar-refractivity contribution in [3.05, 3.63) is 113 Å². The van der Waals surface area contributed by atoms with Gasteiger partial charge in [0.05, 0.1) is 17.7 Å². The molecule has 1 atom stereocenters. The second kappa shape index (κ2) is 11.7. The predicted octanol–water partition coefficient (Wildman–Crippen LogP) is 8.58. The summed E-state index contributed by atoms with van der Waals surface area (Å²) in [5, 5.41) is 14.3. The predicted molar refractivity (Wildman–Crippen MR) is 181 cm³/mol. The third-order valence-electron chi connectivity index (χ3n) is 10.6. The van der Waals surface area contributed by atoms with Crippen molar-refractivity contribution in [2.24, 2.45) is 7.05 Å². The zero-order chi connectivity index (χ0) is 32.2. The Hall–Kier alpha value is -4.52. The molecule has 6 nitrogen and oxygen atoms in total. The third-order valence-corrected chi connectivity index (χ3v) is 10.6. The monoisotopic (exact) mass is 617 g/mol. The number of carbonyl (C=O) groups excluding carboxylic acids is 1. The van der Waals surface area contributed by atoms with Crippen molar-refractivity contribution in [3.8, 4) is 0 Å². The summed E-state index contributed by atoms with van der Waals surface area (Å²) >= 11 is 0. The van der Waals surface area contributed by atoms with Gasteiger partial charge in [-0.15, -0.1) is 0 Å². The zero-order valence-corrected chi connectivity index (χ0v) is 26.9. The molecular weight excluding hydrogens is 575 g/mol. The highest BCUT2D eigenvalue weighted by Crippen LogP contribution is 2.44. The van der Waals surface area contributed by atoms with E-state index in [0.717, 1.165) is 82.5 Å². The van der Waals surface area contributed by atoms with Crippen LogP contribution in [0.25, 0.3) is 17.0 Å². The number of nitrogens with one attached hydrogen (secondary N) is 1. The van der Waals surface area contributed by atoms with Crippen LogP contribution in [0.15, 0.2) is 78.7 Å². The van der Waals surface area contributed by atoms with Gasteiger partial charge in [-0.2, -0.15) is 4.58 Å². The Balaban J connectivity index is 1.20. The van der Waals surface area contributed by atoms with Crippen molar-refractivity contribution < 1.29 is 18.9 Å². The highest BCUT2D eigenvalue weighted by Gasteiger charge is 2.45. The first-order valence-electron chi connectivity index (χ1n) is 16.6. The molecule has 3 heterocycles. The van der Waals surface area contributed by atoms with Crippen molar-refractivity contribution in [2.45, 2.75) is 82.7 Å². The van der Waals surface area contributed by atoms with Gasteiger partial charge in [-0.05, 0) is 105 Å². The number of rotatable bonds is 7. The first-order valence-corrected chi connectivity index (χ1v) is 16.6. The largest absolute Gasteiger partial charge is 0.508 e. The standard InChI is InChI=1S/C39H41FN4O2/c1-24(26(3)45)19-27-11-12-28-22-36(43(4)35(28)20-27)39(17-8-18-39)42-38(46)29-13-16-34-32(21-29)25(2)37(33-15-14-30(40)23-41-33)44(34)31-9-6-5-7-10-31/h11-16,19-23,25,31H,3,5-10,17-18H2,1-2,4H3,(H-,42,45,46)/p+1/b24-19+. The maximum atomic E-state index is 14.0. The minimum Gasteiger partial charge on any atom is -0.508 e. The lowest BCUT2D eigenvalue weighted by Gasteiger charge is -2.43. The van der Waals surface area contributed by atoms with Gasteiger partial charge >= 0.3 is 0 Å². The van der Waals surface area contributed by atoms with Gasteiger partial charge in [-0.1, -0.05) is 25.1 Å². The van der Waals surface area contributed by atoms with Gasteiger partial charge in [0.15, 0.2) is 6.04 Å². The van der Waals surface area contributed by atoms with Crippen LogP contribution in [-0.4, -0.2) is 36.9 Å².